The lowest BCUT2D eigenvalue weighted by atomic mass is 9.94. The lowest BCUT2D eigenvalue weighted by molar-refractivity contribution is -0.114. The fourth-order valence-electron chi connectivity index (χ4n) is 2.95. The zero-order valence-corrected chi connectivity index (χ0v) is 13.9. The average Bonchev–Trinajstić information content (AvgIpc) is 2.83. The summed E-state index contributed by atoms with van der Waals surface area (Å²) in [6, 6.07) is 5.04. The Hall–Kier alpha value is -2.83. The summed E-state index contributed by atoms with van der Waals surface area (Å²) >= 11 is 0. The van der Waals surface area contributed by atoms with E-state index in [0.29, 0.717) is 22.2 Å². The van der Waals surface area contributed by atoms with Gasteiger partial charge in [0.2, 0.25) is 5.91 Å². The van der Waals surface area contributed by atoms with E-state index in [9.17, 15) is 14.4 Å². The molecular formula is C17H18N2O5. The molecule has 1 aromatic carbocycles. The summed E-state index contributed by atoms with van der Waals surface area (Å²) in [6.45, 7) is 6.83. The van der Waals surface area contributed by atoms with E-state index >= 15 is 0 Å². The van der Waals surface area contributed by atoms with Crippen molar-refractivity contribution in [3.05, 3.63) is 29.5 Å². The molecule has 1 aliphatic heterocycles. The Balaban J connectivity index is 2.31. The van der Waals surface area contributed by atoms with Gasteiger partial charge in [-0.2, -0.15) is 0 Å². The first-order chi connectivity index (χ1) is 11.2. The topological polar surface area (TPSA) is 86.6 Å². The second-order valence-corrected chi connectivity index (χ2v) is 6.11. The van der Waals surface area contributed by atoms with E-state index in [2.05, 4.69) is 5.32 Å². The van der Waals surface area contributed by atoms with Crippen molar-refractivity contribution in [1.82, 2.24) is 4.57 Å². The van der Waals surface area contributed by atoms with Crippen LogP contribution in [0, 0.1) is 0 Å². The van der Waals surface area contributed by atoms with Gasteiger partial charge < -0.3 is 14.8 Å². The van der Waals surface area contributed by atoms with E-state index in [1.807, 2.05) is 0 Å². The zero-order chi connectivity index (χ0) is 17.6. The third-order valence-corrected chi connectivity index (χ3v) is 3.87. The molecule has 0 bridgehead atoms. The number of ether oxygens (including phenoxy) is 2. The number of cyclic esters (lactones) is 1. The highest BCUT2D eigenvalue weighted by Gasteiger charge is 2.38. The zero-order valence-electron chi connectivity index (χ0n) is 13.9. The summed E-state index contributed by atoms with van der Waals surface area (Å²) in [5, 5.41) is 3.38. The molecule has 1 aliphatic rings. The van der Waals surface area contributed by atoms with Gasteiger partial charge in [-0.15, -0.1) is 0 Å². The highest BCUT2D eigenvalue weighted by molar-refractivity contribution is 6.05. The van der Waals surface area contributed by atoms with E-state index in [4.69, 9.17) is 9.47 Å². The fourth-order valence-corrected chi connectivity index (χ4v) is 2.95. The van der Waals surface area contributed by atoms with Gasteiger partial charge in [0.05, 0.1) is 12.1 Å². The van der Waals surface area contributed by atoms with Gasteiger partial charge >= 0.3 is 12.1 Å². The van der Waals surface area contributed by atoms with E-state index in [0.717, 1.165) is 0 Å². The van der Waals surface area contributed by atoms with Crippen molar-refractivity contribution in [2.24, 2.45) is 0 Å². The van der Waals surface area contributed by atoms with Gasteiger partial charge in [-0.1, -0.05) is 0 Å². The van der Waals surface area contributed by atoms with Crippen LogP contribution in [0.1, 0.15) is 43.7 Å². The number of anilines is 1. The summed E-state index contributed by atoms with van der Waals surface area (Å²) in [4.78, 5) is 35.9. The molecule has 3 rings (SSSR count). The molecule has 0 aliphatic carbocycles. The van der Waals surface area contributed by atoms with E-state index in [-0.39, 0.29) is 18.2 Å². The number of benzene rings is 1. The SMILES string of the molecule is CCOC(=O)c1cc2cc(NC(C)=O)cc3c2n1C(=O)OC3(C)C. The van der Waals surface area contributed by atoms with Crippen LogP contribution in [0.5, 0.6) is 0 Å². The number of esters is 1. The highest BCUT2D eigenvalue weighted by atomic mass is 16.6. The van der Waals surface area contributed by atoms with Crippen LogP contribution < -0.4 is 5.32 Å². The number of aromatic nitrogens is 1. The molecular weight excluding hydrogens is 312 g/mol. The maximum Gasteiger partial charge on any atom is 0.420 e. The third kappa shape index (κ3) is 2.42. The van der Waals surface area contributed by atoms with Crippen LogP contribution in [0.4, 0.5) is 10.5 Å². The smallest absolute Gasteiger partial charge is 0.420 e. The summed E-state index contributed by atoms with van der Waals surface area (Å²) in [5.74, 6) is -0.811. The lowest BCUT2D eigenvalue weighted by Gasteiger charge is -2.32. The molecule has 7 heteroatoms. The second-order valence-electron chi connectivity index (χ2n) is 6.11. The standard InChI is InChI=1S/C17H18N2O5/c1-5-23-15(21)13-7-10-6-11(18-9(2)20)8-12-14(10)19(13)16(22)24-17(12,3)4/h6-8H,5H2,1-4H3,(H,18,20). The predicted molar refractivity (Wildman–Crippen MR) is 87.1 cm³/mol. The Morgan fingerprint density at radius 1 is 1.29 bits per heavy atom. The molecule has 0 radical (unpaired) electrons. The van der Waals surface area contributed by atoms with Crippen LogP contribution in [0.2, 0.25) is 0 Å². The number of nitrogens with zero attached hydrogens (tertiary/aromatic N) is 1. The van der Waals surface area contributed by atoms with Crippen LogP contribution in [-0.2, 0) is 19.9 Å². The first-order valence-electron chi connectivity index (χ1n) is 7.62. The number of hydrogen-bond acceptors (Lipinski definition) is 5. The van der Waals surface area contributed by atoms with Crippen LogP contribution in [0.25, 0.3) is 10.9 Å². The van der Waals surface area contributed by atoms with E-state index < -0.39 is 17.7 Å². The molecule has 126 valence electrons. The van der Waals surface area contributed by atoms with Gasteiger partial charge in [-0.25, -0.2) is 14.2 Å². The van der Waals surface area contributed by atoms with Crippen molar-refractivity contribution in [2.75, 3.05) is 11.9 Å². The molecule has 0 unspecified atom stereocenters. The Kier molecular flexibility index (Phi) is 3.59. The fraction of sp³-hybridized carbons (Fsp3) is 0.353. The molecule has 7 nitrogen and oxygen atoms in total. The molecule has 2 aromatic rings. The Labute approximate surface area is 138 Å². The van der Waals surface area contributed by atoms with Crippen LogP contribution >= 0.6 is 0 Å². The van der Waals surface area contributed by atoms with Gasteiger partial charge in [0.25, 0.3) is 0 Å². The van der Waals surface area contributed by atoms with Crippen molar-refractivity contribution in [1.29, 1.82) is 0 Å². The van der Waals surface area contributed by atoms with Gasteiger partial charge in [-0.05, 0) is 39.0 Å². The van der Waals surface area contributed by atoms with E-state index in [1.165, 1.54) is 11.5 Å². The van der Waals surface area contributed by atoms with Crippen LogP contribution in [0.3, 0.4) is 0 Å². The first kappa shape index (κ1) is 16.0. The lowest BCUT2D eigenvalue weighted by Crippen LogP contribution is -2.35. The maximum absolute atomic E-state index is 12.4. The molecule has 0 spiro atoms. The highest BCUT2D eigenvalue weighted by Crippen LogP contribution is 2.40. The van der Waals surface area contributed by atoms with Crippen molar-refractivity contribution >= 4 is 34.6 Å². The third-order valence-electron chi connectivity index (χ3n) is 3.87. The summed E-state index contributed by atoms with van der Waals surface area (Å²) in [5.41, 5.74) is 1.09. The van der Waals surface area contributed by atoms with Crippen LogP contribution in [-0.4, -0.2) is 29.1 Å². The largest absolute Gasteiger partial charge is 0.461 e. The van der Waals surface area contributed by atoms with Crippen molar-refractivity contribution in [3.63, 3.8) is 0 Å². The quantitative estimate of drug-likeness (QED) is 0.874. The van der Waals surface area contributed by atoms with Gasteiger partial charge in [-0.3, -0.25) is 4.79 Å². The number of amides is 1. The van der Waals surface area contributed by atoms with Gasteiger partial charge in [0.1, 0.15) is 11.3 Å². The van der Waals surface area contributed by atoms with Crippen molar-refractivity contribution in [2.45, 2.75) is 33.3 Å². The minimum atomic E-state index is -0.885. The molecule has 24 heavy (non-hydrogen) atoms. The normalized spacial score (nSPS) is 15.1. The molecule has 1 amide bonds. The summed E-state index contributed by atoms with van der Waals surface area (Å²) < 4.78 is 11.7. The van der Waals surface area contributed by atoms with Crippen LogP contribution in [0.15, 0.2) is 18.2 Å². The molecule has 0 saturated carbocycles. The van der Waals surface area contributed by atoms with Crippen molar-refractivity contribution < 1.29 is 23.9 Å². The Morgan fingerprint density at radius 3 is 2.62 bits per heavy atom. The maximum atomic E-state index is 12.4. The number of nitrogens with one attached hydrogen (secondary N) is 1. The number of carbonyl (C=O) groups excluding carboxylic acids is 3. The van der Waals surface area contributed by atoms with E-state index in [1.54, 1.807) is 39.0 Å². The minimum Gasteiger partial charge on any atom is -0.461 e. The van der Waals surface area contributed by atoms with Gasteiger partial charge in [0.15, 0.2) is 0 Å². The number of hydrogen-bond donors (Lipinski definition) is 1. The molecule has 0 atom stereocenters. The Bertz CT molecular complexity index is 879. The predicted octanol–water partition coefficient (Wildman–Crippen LogP) is 3.01. The monoisotopic (exact) mass is 330 g/mol. The second kappa shape index (κ2) is 5.36. The number of rotatable bonds is 3. The molecule has 1 aromatic heterocycles. The molecule has 0 fully saturated rings. The minimum absolute atomic E-state index is 0.105. The van der Waals surface area contributed by atoms with Crippen molar-refractivity contribution in [3.8, 4) is 0 Å². The first-order valence-corrected chi connectivity index (χ1v) is 7.62. The molecule has 1 N–H and O–H groups in total. The summed E-state index contributed by atoms with van der Waals surface area (Å²) in [7, 11) is 0. The molecule has 0 saturated heterocycles. The van der Waals surface area contributed by atoms with Gasteiger partial charge in [0, 0.05) is 23.6 Å². The molecule has 2 heterocycles. The Morgan fingerprint density at radius 2 is 2.00 bits per heavy atom. The number of carbonyl (C=O) groups is 3. The average molecular weight is 330 g/mol. The summed E-state index contributed by atoms with van der Waals surface area (Å²) in [6.07, 6.45) is -0.627.